The van der Waals surface area contributed by atoms with Crippen LogP contribution in [0, 0.1) is 12.8 Å². The van der Waals surface area contributed by atoms with E-state index in [1.165, 1.54) is 0 Å². The Hall–Kier alpha value is -1.03. The molecule has 0 spiro atoms. The lowest BCUT2D eigenvalue weighted by molar-refractivity contribution is 0.119. The number of aryl methyl sites for hydroxylation is 1. The van der Waals surface area contributed by atoms with Crippen molar-refractivity contribution in [2.45, 2.75) is 40.7 Å². The van der Waals surface area contributed by atoms with Crippen LogP contribution in [0.25, 0.3) is 0 Å². The lowest BCUT2D eigenvalue weighted by Gasteiger charge is -2.17. The molecule has 98 valence electrons. The molecule has 1 atom stereocenters. The summed E-state index contributed by atoms with van der Waals surface area (Å²) in [5, 5.41) is 3.39. The van der Waals surface area contributed by atoms with Crippen molar-refractivity contribution in [1.29, 1.82) is 0 Å². The van der Waals surface area contributed by atoms with Gasteiger partial charge in [0.25, 0.3) is 0 Å². The summed E-state index contributed by atoms with van der Waals surface area (Å²) in [6.45, 7) is 13.0. The number of hydrogen-bond donors (Lipinski definition) is 1. The highest BCUT2D eigenvalue weighted by atomic mass is 16.5. The van der Waals surface area contributed by atoms with E-state index in [1.807, 2.05) is 13.8 Å². The van der Waals surface area contributed by atoms with E-state index in [9.17, 15) is 0 Å². The maximum absolute atomic E-state index is 5.46. The van der Waals surface area contributed by atoms with E-state index in [0.717, 1.165) is 31.4 Å². The fourth-order valence-corrected chi connectivity index (χ4v) is 1.65. The first-order chi connectivity index (χ1) is 8.04. The average molecular weight is 239 g/mol. The van der Waals surface area contributed by atoms with E-state index in [2.05, 4.69) is 41.8 Å². The number of hydrogen-bond acceptors (Lipinski definition) is 3. The van der Waals surface area contributed by atoms with Crippen LogP contribution in [0.1, 0.15) is 39.4 Å². The average Bonchev–Trinajstić information content (AvgIpc) is 2.64. The Labute approximate surface area is 104 Å². The van der Waals surface area contributed by atoms with E-state index in [4.69, 9.17) is 4.74 Å². The van der Waals surface area contributed by atoms with Gasteiger partial charge in [0, 0.05) is 19.3 Å². The van der Waals surface area contributed by atoms with Gasteiger partial charge in [-0.2, -0.15) is 0 Å². The molecule has 0 bridgehead atoms. The zero-order valence-electron chi connectivity index (χ0n) is 11.7. The second-order valence-corrected chi connectivity index (χ2v) is 4.90. The molecule has 4 heteroatoms. The van der Waals surface area contributed by atoms with E-state index >= 15 is 0 Å². The molecule has 1 aromatic rings. The summed E-state index contributed by atoms with van der Waals surface area (Å²) < 4.78 is 7.62. The molecule has 0 amide bonds. The standard InChI is InChI=1S/C13H25N3O/c1-6-17-9-12(5)16-8-11(4)15-13(16)14-7-10(2)3/h8,10,12H,6-7,9H2,1-5H3,(H,14,15). The fourth-order valence-electron chi connectivity index (χ4n) is 1.65. The predicted molar refractivity (Wildman–Crippen MR) is 71.5 cm³/mol. The van der Waals surface area contributed by atoms with Gasteiger partial charge in [0.2, 0.25) is 5.95 Å². The molecule has 1 rings (SSSR count). The van der Waals surface area contributed by atoms with Crippen LogP contribution >= 0.6 is 0 Å². The molecule has 1 aromatic heterocycles. The molecule has 17 heavy (non-hydrogen) atoms. The SMILES string of the molecule is CCOCC(C)n1cc(C)nc1NCC(C)C. The van der Waals surface area contributed by atoms with Crippen LogP contribution in [-0.4, -0.2) is 29.3 Å². The Bertz CT molecular complexity index is 333. The van der Waals surface area contributed by atoms with Crippen LogP contribution in [0.2, 0.25) is 0 Å². The summed E-state index contributed by atoms with van der Waals surface area (Å²) in [4.78, 5) is 4.51. The smallest absolute Gasteiger partial charge is 0.203 e. The molecule has 1 N–H and O–H groups in total. The maximum Gasteiger partial charge on any atom is 0.203 e. The van der Waals surface area contributed by atoms with Gasteiger partial charge in [-0.1, -0.05) is 13.8 Å². The van der Waals surface area contributed by atoms with Gasteiger partial charge in [0.05, 0.1) is 18.3 Å². The molecule has 0 saturated heterocycles. The molecule has 0 radical (unpaired) electrons. The summed E-state index contributed by atoms with van der Waals surface area (Å²) in [7, 11) is 0. The summed E-state index contributed by atoms with van der Waals surface area (Å²) >= 11 is 0. The van der Waals surface area contributed by atoms with E-state index < -0.39 is 0 Å². The highest BCUT2D eigenvalue weighted by Gasteiger charge is 2.11. The zero-order chi connectivity index (χ0) is 12.8. The molecule has 4 nitrogen and oxygen atoms in total. The quantitative estimate of drug-likeness (QED) is 0.795. The Kier molecular flexibility index (Phi) is 5.48. The van der Waals surface area contributed by atoms with Crippen molar-refractivity contribution in [3.63, 3.8) is 0 Å². The number of rotatable bonds is 7. The van der Waals surface area contributed by atoms with Gasteiger partial charge < -0.3 is 14.6 Å². The van der Waals surface area contributed by atoms with E-state index in [0.29, 0.717) is 12.0 Å². The van der Waals surface area contributed by atoms with Gasteiger partial charge in [0.15, 0.2) is 0 Å². The van der Waals surface area contributed by atoms with Gasteiger partial charge in [-0.25, -0.2) is 4.98 Å². The minimum absolute atomic E-state index is 0.311. The first-order valence-corrected chi connectivity index (χ1v) is 6.41. The highest BCUT2D eigenvalue weighted by Crippen LogP contribution is 2.16. The number of aromatic nitrogens is 2. The highest BCUT2D eigenvalue weighted by molar-refractivity contribution is 5.29. The lowest BCUT2D eigenvalue weighted by atomic mass is 10.2. The fraction of sp³-hybridized carbons (Fsp3) is 0.769. The number of anilines is 1. The number of ether oxygens (including phenoxy) is 1. The molecular formula is C13H25N3O. The Morgan fingerprint density at radius 2 is 2.12 bits per heavy atom. The van der Waals surface area contributed by atoms with Crippen molar-refractivity contribution in [3.8, 4) is 0 Å². The van der Waals surface area contributed by atoms with Crippen LogP contribution in [0.4, 0.5) is 5.95 Å². The Morgan fingerprint density at radius 3 is 2.71 bits per heavy atom. The van der Waals surface area contributed by atoms with E-state index in [1.54, 1.807) is 0 Å². The van der Waals surface area contributed by atoms with Gasteiger partial charge in [-0.15, -0.1) is 0 Å². The summed E-state index contributed by atoms with van der Waals surface area (Å²) in [5.41, 5.74) is 1.04. The summed E-state index contributed by atoms with van der Waals surface area (Å²) in [6, 6.07) is 0.311. The van der Waals surface area contributed by atoms with Crippen molar-refractivity contribution < 1.29 is 4.74 Å². The van der Waals surface area contributed by atoms with Crippen LogP contribution in [-0.2, 0) is 4.74 Å². The first-order valence-electron chi connectivity index (χ1n) is 6.41. The molecule has 0 aliphatic rings. The predicted octanol–water partition coefficient (Wildman–Crippen LogP) is 2.86. The number of imidazole rings is 1. The van der Waals surface area contributed by atoms with Gasteiger partial charge >= 0.3 is 0 Å². The first kappa shape index (κ1) is 14.0. The minimum Gasteiger partial charge on any atom is -0.380 e. The minimum atomic E-state index is 0.311. The largest absolute Gasteiger partial charge is 0.380 e. The third-order valence-corrected chi connectivity index (χ3v) is 2.56. The molecule has 0 aliphatic heterocycles. The van der Waals surface area contributed by atoms with Crippen LogP contribution in [0.3, 0.4) is 0 Å². The maximum atomic E-state index is 5.46. The Balaban J connectivity index is 2.69. The topological polar surface area (TPSA) is 39.1 Å². The molecule has 0 aromatic carbocycles. The second-order valence-electron chi connectivity index (χ2n) is 4.90. The van der Waals surface area contributed by atoms with Crippen LogP contribution in [0.15, 0.2) is 6.20 Å². The molecular weight excluding hydrogens is 214 g/mol. The zero-order valence-corrected chi connectivity index (χ0v) is 11.7. The monoisotopic (exact) mass is 239 g/mol. The second kappa shape index (κ2) is 6.64. The van der Waals surface area contributed by atoms with Crippen molar-refractivity contribution in [2.75, 3.05) is 25.1 Å². The van der Waals surface area contributed by atoms with Crippen molar-refractivity contribution in [2.24, 2.45) is 5.92 Å². The van der Waals surface area contributed by atoms with E-state index in [-0.39, 0.29) is 0 Å². The molecule has 1 unspecified atom stereocenters. The van der Waals surface area contributed by atoms with Crippen LogP contribution < -0.4 is 5.32 Å². The number of nitrogens with one attached hydrogen (secondary N) is 1. The van der Waals surface area contributed by atoms with Crippen molar-refractivity contribution in [1.82, 2.24) is 9.55 Å². The summed E-state index contributed by atoms with van der Waals surface area (Å²) in [6.07, 6.45) is 2.08. The normalized spacial score (nSPS) is 13.1. The summed E-state index contributed by atoms with van der Waals surface area (Å²) in [5.74, 6) is 1.56. The van der Waals surface area contributed by atoms with Crippen LogP contribution in [0.5, 0.6) is 0 Å². The molecule has 0 aliphatic carbocycles. The van der Waals surface area contributed by atoms with Crippen molar-refractivity contribution in [3.05, 3.63) is 11.9 Å². The molecule has 1 heterocycles. The third kappa shape index (κ3) is 4.38. The van der Waals surface area contributed by atoms with Crippen molar-refractivity contribution >= 4 is 5.95 Å². The number of nitrogens with zero attached hydrogens (tertiary/aromatic N) is 2. The van der Waals surface area contributed by atoms with Gasteiger partial charge in [-0.3, -0.25) is 0 Å². The Morgan fingerprint density at radius 1 is 1.41 bits per heavy atom. The lowest BCUT2D eigenvalue weighted by Crippen LogP contribution is -2.17. The van der Waals surface area contributed by atoms with Gasteiger partial charge in [-0.05, 0) is 26.7 Å². The molecule has 0 fully saturated rings. The third-order valence-electron chi connectivity index (χ3n) is 2.56. The van der Waals surface area contributed by atoms with Gasteiger partial charge in [0.1, 0.15) is 0 Å². The molecule has 0 saturated carbocycles.